The molecule has 94 valence electrons. The Bertz CT molecular complexity index is 659. The third-order valence-electron chi connectivity index (χ3n) is 3.07. The van der Waals surface area contributed by atoms with Crippen molar-refractivity contribution >= 4 is 17.5 Å². The summed E-state index contributed by atoms with van der Waals surface area (Å²) in [5.74, 6) is 0.810. The first kappa shape index (κ1) is 11.5. The number of fused-ring (bicyclic) bond motifs is 1. The van der Waals surface area contributed by atoms with Crippen LogP contribution in [0.4, 0.5) is 5.69 Å². The number of nitro groups is 1. The molecule has 1 aliphatic heterocycles. The zero-order valence-electron chi connectivity index (χ0n) is 10.1. The van der Waals surface area contributed by atoms with E-state index >= 15 is 0 Å². The molecule has 4 heteroatoms. The van der Waals surface area contributed by atoms with Crippen LogP contribution in [0.15, 0.2) is 48.5 Å². The lowest BCUT2D eigenvalue weighted by atomic mass is 10.1. The Morgan fingerprint density at radius 3 is 2.58 bits per heavy atom. The van der Waals surface area contributed by atoms with Gasteiger partial charge in [0.05, 0.1) is 4.92 Å². The van der Waals surface area contributed by atoms with Gasteiger partial charge < -0.3 is 4.74 Å². The zero-order chi connectivity index (χ0) is 13.2. The van der Waals surface area contributed by atoms with E-state index < -0.39 is 4.92 Å². The molecule has 0 N–H and O–H groups in total. The molecule has 0 radical (unpaired) electrons. The standard InChI is InChI=1S/C15H11NO3/c17-16(18)13-7-5-11(6-8-13)9-15-14-4-2-1-3-12(14)10-19-15/h1-9H,10H2/b15-9-. The fourth-order valence-electron chi connectivity index (χ4n) is 2.08. The number of ether oxygens (including phenoxy) is 1. The number of benzene rings is 2. The van der Waals surface area contributed by atoms with Crippen LogP contribution < -0.4 is 0 Å². The van der Waals surface area contributed by atoms with Gasteiger partial charge in [0, 0.05) is 23.3 Å². The second kappa shape index (κ2) is 4.57. The average molecular weight is 253 g/mol. The number of nitrogens with zero attached hydrogens (tertiary/aromatic N) is 1. The largest absolute Gasteiger partial charge is 0.488 e. The molecule has 0 unspecified atom stereocenters. The van der Waals surface area contributed by atoms with Crippen LogP contribution >= 0.6 is 0 Å². The molecule has 0 fully saturated rings. The van der Waals surface area contributed by atoms with Crippen molar-refractivity contribution in [2.75, 3.05) is 0 Å². The molecule has 0 atom stereocenters. The van der Waals surface area contributed by atoms with Crippen LogP contribution in [0.1, 0.15) is 16.7 Å². The monoisotopic (exact) mass is 253 g/mol. The van der Waals surface area contributed by atoms with E-state index in [1.807, 2.05) is 30.3 Å². The van der Waals surface area contributed by atoms with E-state index in [2.05, 4.69) is 0 Å². The number of non-ortho nitro benzene ring substituents is 1. The summed E-state index contributed by atoms with van der Waals surface area (Å²) in [6, 6.07) is 14.4. The van der Waals surface area contributed by atoms with E-state index in [1.165, 1.54) is 12.1 Å². The minimum Gasteiger partial charge on any atom is -0.488 e. The first-order valence-corrected chi connectivity index (χ1v) is 5.91. The lowest BCUT2D eigenvalue weighted by Gasteiger charge is -2.00. The molecule has 0 aromatic heterocycles. The van der Waals surface area contributed by atoms with Gasteiger partial charge in [-0.15, -0.1) is 0 Å². The quantitative estimate of drug-likeness (QED) is 0.606. The van der Waals surface area contributed by atoms with Crippen LogP contribution in [0, 0.1) is 10.1 Å². The van der Waals surface area contributed by atoms with E-state index in [-0.39, 0.29) is 5.69 Å². The van der Waals surface area contributed by atoms with Gasteiger partial charge in [0.25, 0.3) is 5.69 Å². The fourth-order valence-corrected chi connectivity index (χ4v) is 2.08. The molecule has 0 bridgehead atoms. The Balaban J connectivity index is 1.93. The summed E-state index contributed by atoms with van der Waals surface area (Å²) in [7, 11) is 0. The van der Waals surface area contributed by atoms with Crippen molar-refractivity contribution in [2.45, 2.75) is 6.61 Å². The highest BCUT2D eigenvalue weighted by atomic mass is 16.6. The minimum absolute atomic E-state index is 0.0925. The second-order valence-electron chi connectivity index (χ2n) is 4.30. The second-order valence-corrected chi connectivity index (χ2v) is 4.30. The van der Waals surface area contributed by atoms with Gasteiger partial charge in [0.2, 0.25) is 0 Å². The van der Waals surface area contributed by atoms with E-state index in [0.29, 0.717) is 6.61 Å². The molecule has 1 heterocycles. The number of hydrogen-bond donors (Lipinski definition) is 0. The Morgan fingerprint density at radius 1 is 1.11 bits per heavy atom. The molecule has 0 saturated heterocycles. The molecule has 0 amide bonds. The highest BCUT2D eigenvalue weighted by molar-refractivity contribution is 5.80. The predicted molar refractivity (Wildman–Crippen MR) is 72.2 cm³/mol. The fraction of sp³-hybridized carbons (Fsp3) is 0.0667. The van der Waals surface area contributed by atoms with Crippen LogP contribution in [-0.2, 0) is 11.3 Å². The van der Waals surface area contributed by atoms with Crippen molar-refractivity contribution in [1.29, 1.82) is 0 Å². The van der Waals surface area contributed by atoms with Crippen LogP contribution in [0.2, 0.25) is 0 Å². The topological polar surface area (TPSA) is 52.4 Å². The molecule has 1 aliphatic rings. The SMILES string of the molecule is O=[N+]([O-])c1ccc(/C=C2\OCc3ccccc32)cc1. The highest BCUT2D eigenvalue weighted by Crippen LogP contribution is 2.31. The third kappa shape index (κ3) is 2.20. The maximum absolute atomic E-state index is 10.6. The third-order valence-corrected chi connectivity index (χ3v) is 3.07. The normalized spacial score (nSPS) is 15.1. The van der Waals surface area contributed by atoms with Gasteiger partial charge in [-0.1, -0.05) is 24.3 Å². The van der Waals surface area contributed by atoms with Crippen LogP contribution in [-0.4, -0.2) is 4.92 Å². The summed E-state index contributed by atoms with van der Waals surface area (Å²) in [6.45, 7) is 0.578. The first-order valence-electron chi connectivity index (χ1n) is 5.91. The van der Waals surface area contributed by atoms with Gasteiger partial charge in [0.1, 0.15) is 12.4 Å². The molecule has 3 rings (SSSR count). The van der Waals surface area contributed by atoms with Gasteiger partial charge in [-0.2, -0.15) is 0 Å². The molecule has 0 saturated carbocycles. The summed E-state index contributed by atoms with van der Waals surface area (Å²) in [5, 5.41) is 10.6. The van der Waals surface area contributed by atoms with Gasteiger partial charge in [-0.05, 0) is 23.8 Å². The summed E-state index contributed by atoms with van der Waals surface area (Å²) >= 11 is 0. The first-order chi connectivity index (χ1) is 9.24. The summed E-state index contributed by atoms with van der Waals surface area (Å²) in [5.41, 5.74) is 3.23. The number of nitro benzene ring substituents is 1. The zero-order valence-corrected chi connectivity index (χ0v) is 10.1. The number of hydrogen-bond acceptors (Lipinski definition) is 3. The van der Waals surface area contributed by atoms with Crippen molar-refractivity contribution < 1.29 is 9.66 Å². The van der Waals surface area contributed by atoms with E-state index in [4.69, 9.17) is 4.74 Å². The summed E-state index contributed by atoms with van der Waals surface area (Å²) < 4.78 is 5.63. The molecule has 4 nitrogen and oxygen atoms in total. The Labute approximate surface area is 110 Å². The maximum Gasteiger partial charge on any atom is 0.269 e. The highest BCUT2D eigenvalue weighted by Gasteiger charge is 2.16. The Hall–Kier alpha value is -2.62. The smallest absolute Gasteiger partial charge is 0.269 e. The predicted octanol–water partition coefficient (Wildman–Crippen LogP) is 3.62. The maximum atomic E-state index is 10.6. The van der Waals surface area contributed by atoms with Crippen molar-refractivity contribution in [3.05, 3.63) is 75.3 Å². The van der Waals surface area contributed by atoms with Crippen molar-refractivity contribution in [3.8, 4) is 0 Å². The molecular weight excluding hydrogens is 242 g/mol. The average Bonchev–Trinajstić information content (AvgIpc) is 2.83. The van der Waals surface area contributed by atoms with Gasteiger partial charge in [-0.3, -0.25) is 10.1 Å². The molecule has 2 aromatic rings. The molecular formula is C15H11NO3. The summed E-state index contributed by atoms with van der Waals surface area (Å²) in [4.78, 5) is 10.2. The van der Waals surface area contributed by atoms with Gasteiger partial charge in [0.15, 0.2) is 0 Å². The van der Waals surface area contributed by atoms with Gasteiger partial charge in [-0.25, -0.2) is 0 Å². The van der Waals surface area contributed by atoms with Crippen molar-refractivity contribution in [3.63, 3.8) is 0 Å². The van der Waals surface area contributed by atoms with Crippen LogP contribution in [0.25, 0.3) is 11.8 Å². The van der Waals surface area contributed by atoms with Gasteiger partial charge >= 0.3 is 0 Å². The van der Waals surface area contributed by atoms with E-state index in [9.17, 15) is 10.1 Å². The lowest BCUT2D eigenvalue weighted by molar-refractivity contribution is -0.384. The molecule has 0 aliphatic carbocycles. The molecule has 0 spiro atoms. The van der Waals surface area contributed by atoms with Crippen LogP contribution in [0.3, 0.4) is 0 Å². The van der Waals surface area contributed by atoms with Crippen molar-refractivity contribution in [2.24, 2.45) is 0 Å². The lowest BCUT2D eigenvalue weighted by Crippen LogP contribution is -1.87. The van der Waals surface area contributed by atoms with Crippen LogP contribution in [0.5, 0.6) is 0 Å². The molecule has 19 heavy (non-hydrogen) atoms. The molecule has 2 aromatic carbocycles. The Kier molecular flexibility index (Phi) is 2.76. The van der Waals surface area contributed by atoms with E-state index in [1.54, 1.807) is 12.1 Å². The summed E-state index contributed by atoms with van der Waals surface area (Å²) in [6.07, 6.45) is 1.90. The minimum atomic E-state index is -0.404. The van der Waals surface area contributed by atoms with E-state index in [0.717, 1.165) is 22.4 Å². The Morgan fingerprint density at radius 2 is 1.84 bits per heavy atom. The van der Waals surface area contributed by atoms with Crippen molar-refractivity contribution in [1.82, 2.24) is 0 Å². The number of rotatable bonds is 2.